The zero-order valence-electron chi connectivity index (χ0n) is 17.8. The lowest BCUT2D eigenvalue weighted by Gasteiger charge is -2.23. The number of amides is 1. The number of benzene rings is 2. The van der Waals surface area contributed by atoms with Crippen LogP contribution < -0.4 is 4.72 Å². The fourth-order valence-electron chi connectivity index (χ4n) is 3.15. The molecule has 8 heteroatoms. The Kier molecular flexibility index (Phi) is 9.05. The van der Waals surface area contributed by atoms with Gasteiger partial charge in [-0.05, 0) is 114 Å². The number of halogens is 3. The molecule has 2 aromatic carbocycles. The first-order valence-electron chi connectivity index (χ1n) is 9.65. The second-order valence-corrected chi connectivity index (χ2v) is 13.3. The lowest BCUT2D eigenvalue weighted by Crippen LogP contribution is -2.33. The molecule has 0 aliphatic rings. The molecule has 0 radical (unpaired) electrons. The van der Waals surface area contributed by atoms with Crippen LogP contribution in [-0.4, -0.2) is 14.3 Å². The van der Waals surface area contributed by atoms with E-state index in [-0.39, 0.29) is 22.6 Å². The summed E-state index contributed by atoms with van der Waals surface area (Å²) in [6.07, 6.45) is 0. The van der Waals surface area contributed by atoms with E-state index in [0.29, 0.717) is 5.56 Å². The highest BCUT2D eigenvalue weighted by Gasteiger charge is 2.29. The van der Waals surface area contributed by atoms with E-state index in [0.717, 1.165) is 27.4 Å². The van der Waals surface area contributed by atoms with E-state index < -0.39 is 15.9 Å². The van der Waals surface area contributed by atoms with E-state index in [4.69, 9.17) is 0 Å². The molecule has 1 N–H and O–H groups in total. The molecule has 0 atom stereocenters. The molecule has 164 valence electrons. The van der Waals surface area contributed by atoms with Crippen molar-refractivity contribution in [3.8, 4) is 0 Å². The molecule has 0 aliphatic carbocycles. The molecule has 4 nitrogen and oxygen atoms in total. The van der Waals surface area contributed by atoms with Crippen LogP contribution in [0.1, 0.15) is 86.3 Å². The standard InChI is InChI=1S/C22H26I3NO3S/c1-11(2)14-7-16(12(3)4)21(17(8-14)13(5)6)30(28,29)26-22(27)18-9-15(23)10-19(24)20(18)25/h7-13H,1-6H3,(H,26,27). The fraction of sp³-hybridized carbons (Fsp3) is 0.409. The van der Waals surface area contributed by atoms with Crippen LogP contribution in [0.15, 0.2) is 29.2 Å². The number of hydrogen-bond acceptors (Lipinski definition) is 3. The van der Waals surface area contributed by atoms with Gasteiger partial charge in [-0.2, -0.15) is 0 Å². The van der Waals surface area contributed by atoms with Gasteiger partial charge in [0.1, 0.15) is 0 Å². The van der Waals surface area contributed by atoms with Gasteiger partial charge in [0.15, 0.2) is 0 Å². The topological polar surface area (TPSA) is 63.2 Å². The Morgan fingerprint density at radius 1 is 0.833 bits per heavy atom. The van der Waals surface area contributed by atoms with Crippen molar-refractivity contribution in [3.63, 3.8) is 0 Å². The molecule has 1 amide bonds. The predicted octanol–water partition coefficient (Wildman–Crippen LogP) is 6.99. The Labute approximate surface area is 220 Å². The summed E-state index contributed by atoms with van der Waals surface area (Å²) in [5, 5.41) is 0. The van der Waals surface area contributed by atoms with Crippen LogP contribution in [-0.2, 0) is 10.0 Å². The monoisotopic (exact) mass is 765 g/mol. The largest absolute Gasteiger partial charge is 0.268 e. The Morgan fingerprint density at radius 2 is 1.33 bits per heavy atom. The summed E-state index contributed by atoms with van der Waals surface area (Å²) in [5.41, 5.74) is 2.97. The molecule has 0 spiro atoms. The normalized spacial score (nSPS) is 12.1. The third-order valence-electron chi connectivity index (χ3n) is 4.81. The average molecular weight is 765 g/mol. The first-order valence-corrected chi connectivity index (χ1v) is 14.4. The number of nitrogens with one attached hydrogen (secondary N) is 1. The van der Waals surface area contributed by atoms with Crippen LogP contribution in [0.4, 0.5) is 0 Å². The van der Waals surface area contributed by atoms with Crippen LogP contribution in [0.25, 0.3) is 0 Å². The Morgan fingerprint density at radius 3 is 1.77 bits per heavy atom. The van der Waals surface area contributed by atoms with Gasteiger partial charge in [0, 0.05) is 10.7 Å². The summed E-state index contributed by atoms with van der Waals surface area (Å²) >= 11 is 6.37. The minimum atomic E-state index is -4.05. The van der Waals surface area contributed by atoms with Crippen LogP contribution in [0.2, 0.25) is 0 Å². The molecular formula is C22H26I3NO3S. The van der Waals surface area contributed by atoms with Gasteiger partial charge in [0.25, 0.3) is 15.9 Å². The number of carbonyl (C=O) groups is 1. The minimum absolute atomic E-state index is 0.00151. The molecule has 0 aromatic heterocycles. The molecule has 0 saturated heterocycles. The van der Waals surface area contributed by atoms with E-state index in [1.54, 1.807) is 6.07 Å². The van der Waals surface area contributed by atoms with Crippen molar-refractivity contribution in [1.29, 1.82) is 0 Å². The fourth-order valence-corrected chi connectivity index (χ4v) is 7.22. The third kappa shape index (κ3) is 5.89. The van der Waals surface area contributed by atoms with E-state index in [9.17, 15) is 13.2 Å². The predicted molar refractivity (Wildman–Crippen MR) is 148 cm³/mol. The molecule has 0 heterocycles. The van der Waals surface area contributed by atoms with Crippen LogP contribution in [0.3, 0.4) is 0 Å². The zero-order valence-corrected chi connectivity index (χ0v) is 25.1. The second kappa shape index (κ2) is 10.3. The van der Waals surface area contributed by atoms with Gasteiger partial charge in [0.2, 0.25) is 0 Å². The Balaban J connectivity index is 2.66. The van der Waals surface area contributed by atoms with E-state index in [2.05, 4.69) is 86.3 Å². The van der Waals surface area contributed by atoms with Gasteiger partial charge in [-0.3, -0.25) is 4.79 Å². The van der Waals surface area contributed by atoms with Crippen molar-refractivity contribution in [2.75, 3.05) is 0 Å². The van der Waals surface area contributed by atoms with Gasteiger partial charge in [-0.15, -0.1) is 0 Å². The molecule has 0 bridgehead atoms. The van der Waals surface area contributed by atoms with Crippen molar-refractivity contribution in [1.82, 2.24) is 4.72 Å². The number of hydrogen-bond donors (Lipinski definition) is 1. The molecule has 0 unspecified atom stereocenters. The SMILES string of the molecule is CC(C)c1cc(C(C)C)c(S(=O)(=O)NC(=O)c2cc(I)cc(I)c2I)c(C(C)C)c1. The average Bonchev–Trinajstić information content (AvgIpc) is 2.62. The highest BCUT2D eigenvalue weighted by molar-refractivity contribution is 14.1. The van der Waals surface area contributed by atoms with E-state index in [1.807, 2.05) is 45.9 Å². The summed E-state index contributed by atoms with van der Waals surface area (Å²) in [4.78, 5) is 13.2. The molecule has 2 rings (SSSR count). The Bertz CT molecular complexity index is 1050. The van der Waals surface area contributed by atoms with Gasteiger partial charge in [-0.25, -0.2) is 13.1 Å². The second-order valence-electron chi connectivity index (χ2n) is 8.18. The highest BCUT2D eigenvalue weighted by atomic mass is 127. The van der Waals surface area contributed by atoms with Crippen molar-refractivity contribution >= 4 is 83.7 Å². The van der Waals surface area contributed by atoms with Crippen molar-refractivity contribution in [2.45, 2.75) is 64.2 Å². The third-order valence-corrected chi connectivity index (χ3v) is 9.94. The number of carbonyl (C=O) groups excluding carboxylic acids is 1. The van der Waals surface area contributed by atoms with Crippen molar-refractivity contribution in [3.05, 3.63) is 57.2 Å². The highest BCUT2D eigenvalue weighted by Crippen LogP contribution is 2.35. The summed E-state index contributed by atoms with van der Waals surface area (Å²) in [6, 6.07) is 7.60. The van der Waals surface area contributed by atoms with Crippen LogP contribution >= 0.6 is 67.8 Å². The molecule has 0 fully saturated rings. The minimum Gasteiger partial charge on any atom is -0.268 e. The van der Waals surface area contributed by atoms with Crippen molar-refractivity contribution < 1.29 is 13.2 Å². The summed E-state index contributed by atoms with van der Waals surface area (Å²) < 4.78 is 31.9. The first kappa shape index (κ1) is 26.3. The quantitative estimate of drug-likeness (QED) is 0.255. The molecule has 2 aromatic rings. The lowest BCUT2D eigenvalue weighted by atomic mass is 9.89. The summed E-state index contributed by atoms with van der Waals surface area (Å²) in [7, 11) is -4.05. The Hall–Kier alpha value is 0.0500. The van der Waals surface area contributed by atoms with Gasteiger partial charge in [-0.1, -0.05) is 53.7 Å². The van der Waals surface area contributed by atoms with Crippen LogP contribution in [0.5, 0.6) is 0 Å². The number of rotatable bonds is 6. The lowest BCUT2D eigenvalue weighted by molar-refractivity contribution is 0.0980. The molecule has 0 saturated carbocycles. The summed E-state index contributed by atoms with van der Waals surface area (Å²) in [6.45, 7) is 12.1. The van der Waals surface area contributed by atoms with Crippen molar-refractivity contribution in [2.24, 2.45) is 0 Å². The van der Waals surface area contributed by atoms with E-state index in [1.165, 1.54) is 0 Å². The maximum absolute atomic E-state index is 13.5. The molecule has 0 aliphatic heterocycles. The van der Waals surface area contributed by atoms with Crippen LogP contribution in [0, 0.1) is 10.7 Å². The molecule has 30 heavy (non-hydrogen) atoms. The van der Waals surface area contributed by atoms with Gasteiger partial charge in [0.05, 0.1) is 10.5 Å². The molecular weight excluding hydrogens is 739 g/mol. The van der Waals surface area contributed by atoms with E-state index >= 15 is 0 Å². The zero-order chi connectivity index (χ0) is 23.0. The first-order chi connectivity index (χ1) is 13.8. The van der Waals surface area contributed by atoms with Gasteiger partial charge >= 0.3 is 0 Å². The smallest absolute Gasteiger partial charge is 0.266 e. The maximum Gasteiger partial charge on any atom is 0.266 e. The maximum atomic E-state index is 13.5. The number of sulfonamides is 1. The summed E-state index contributed by atoms with van der Waals surface area (Å²) in [5.74, 6) is -0.321. The van der Waals surface area contributed by atoms with Gasteiger partial charge < -0.3 is 0 Å².